The van der Waals surface area contributed by atoms with Gasteiger partial charge in [0.05, 0.1) is 11.7 Å². The zero-order valence-electron chi connectivity index (χ0n) is 10.9. The summed E-state index contributed by atoms with van der Waals surface area (Å²) in [5.74, 6) is 0.656. The topological polar surface area (TPSA) is 64.3 Å². The molecule has 5 nitrogen and oxygen atoms in total. The van der Waals surface area contributed by atoms with E-state index in [2.05, 4.69) is 28.7 Å². The highest BCUT2D eigenvalue weighted by Crippen LogP contribution is 2.23. The number of thiocarbonyl (C=S) groups is 1. The summed E-state index contributed by atoms with van der Waals surface area (Å²) in [6, 6.07) is 1.72. The number of nitrogens with two attached hydrogens (primary N) is 1. The van der Waals surface area contributed by atoms with Gasteiger partial charge in [0.25, 0.3) is 0 Å². The van der Waals surface area contributed by atoms with Crippen LogP contribution in [0, 0.1) is 0 Å². The second-order valence-electron chi connectivity index (χ2n) is 5.17. The zero-order valence-corrected chi connectivity index (χ0v) is 11.7. The summed E-state index contributed by atoms with van der Waals surface area (Å²) < 4.78 is 5.86. The van der Waals surface area contributed by atoms with E-state index in [4.69, 9.17) is 22.7 Å². The molecule has 0 saturated carbocycles. The van der Waals surface area contributed by atoms with Crippen LogP contribution in [0.25, 0.3) is 0 Å². The number of morpholine rings is 1. The molecule has 0 aliphatic carbocycles. The molecule has 18 heavy (non-hydrogen) atoms. The molecule has 2 rings (SSSR count). The van der Waals surface area contributed by atoms with Gasteiger partial charge >= 0.3 is 0 Å². The van der Waals surface area contributed by atoms with Gasteiger partial charge in [-0.25, -0.2) is 9.97 Å². The van der Waals surface area contributed by atoms with Gasteiger partial charge in [-0.2, -0.15) is 0 Å². The molecule has 2 heterocycles. The average molecular weight is 266 g/mol. The third-order valence-corrected chi connectivity index (χ3v) is 2.96. The molecule has 1 aromatic heterocycles. The number of hydrogen-bond acceptors (Lipinski definition) is 5. The van der Waals surface area contributed by atoms with Gasteiger partial charge in [0.2, 0.25) is 5.95 Å². The molecule has 98 valence electrons. The molecule has 1 unspecified atom stereocenters. The lowest BCUT2D eigenvalue weighted by atomic mass is 10.1. The van der Waals surface area contributed by atoms with Crippen molar-refractivity contribution in [1.82, 2.24) is 9.97 Å². The first kappa shape index (κ1) is 13.2. The fraction of sp³-hybridized carbons (Fsp3) is 0.583. The normalized spacial score (nSPS) is 22.8. The highest BCUT2D eigenvalue weighted by Gasteiger charge is 2.32. The van der Waals surface area contributed by atoms with Gasteiger partial charge in [-0.05, 0) is 26.8 Å². The van der Waals surface area contributed by atoms with Gasteiger partial charge in [-0.1, -0.05) is 12.2 Å². The summed E-state index contributed by atoms with van der Waals surface area (Å²) in [6.07, 6.45) is 1.83. The van der Waals surface area contributed by atoms with Crippen molar-refractivity contribution in [2.75, 3.05) is 18.0 Å². The standard InChI is InChI=1S/C12H18N4OS/c1-8-6-16(7-12(2,3)17-8)11-14-5-4-9(15-11)10(13)18/h4-5,8H,6-7H2,1-3H3,(H2,13,18). The number of anilines is 1. The molecule has 1 aliphatic rings. The molecule has 0 bridgehead atoms. The molecule has 0 radical (unpaired) electrons. The molecule has 1 aromatic rings. The Labute approximate surface area is 112 Å². The molecule has 6 heteroatoms. The maximum absolute atomic E-state index is 5.86. The number of aromatic nitrogens is 2. The second-order valence-corrected chi connectivity index (χ2v) is 5.61. The van der Waals surface area contributed by atoms with E-state index in [9.17, 15) is 0 Å². The van der Waals surface area contributed by atoms with Gasteiger partial charge in [0, 0.05) is 19.3 Å². The first-order valence-corrected chi connectivity index (χ1v) is 6.34. The minimum absolute atomic E-state index is 0.144. The molecule has 0 amide bonds. The average Bonchev–Trinajstić information content (AvgIpc) is 2.26. The first-order valence-electron chi connectivity index (χ1n) is 5.93. The van der Waals surface area contributed by atoms with Crippen LogP contribution in [0.15, 0.2) is 12.3 Å². The van der Waals surface area contributed by atoms with Crippen LogP contribution >= 0.6 is 12.2 Å². The minimum atomic E-state index is -0.208. The Hall–Kier alpha value is -1.27. The van der Waals surface area contributed by atoms with E-state index in [0.29, 0.717) is 16.6 Å². The number of hydrogen-bond donors (Lipinski definition) is 1. The lowest BCUT2D eigenvalue weighted by Crippen LogP contribution is -2.52. The van der Waals surface area contributed by atoms with Gasteiger partial charge in [-0.3, -0.25) is 0 Å². The predicted octanol–water partition coefficient (Wildman–Crippen LogP) is 1.11. The Morgan fingerprint density at radius 1 is 1.61 bits per heavy atom. The zero-order chi connectivity index (χ0) is 13.3. The van der Waals surface area contributed by atoms with Gasteiger partial charge in [-0.15, -0.1) is 0 Å². The Morgan fingerprint density at radius 3 is 2.94 bits per heavy atom. The molecule has 1 atom stereocenters. The molecular weight excluding hydrogens is 248 g/mol. The van der Waals surface area contributed by atoms with Crippen LogP contribution in [-0.2, 0) is 4.74 Å². The van der Waals surface area contributed by atoms with Crippen LogP contribution in [0.3, 0.4) is 0 Å². The van der Waals surface area contributed by atoms with Gasteiger partial charge in [0.15, 0.2) is 0 Å². The van der Waals surface area contributed by atoms with E-state index in [1.807, 2.05) is 6.92 Å². The molecule has 0 spiro atoms. The summed E-state index contributed by atoms with van der Waals surface area (Å²) in [7, 11) is 0. The van der Waals surface area contributed by atoms with E-state index >= 15 is 0 Å². The number of ether oxygens (including phenoxy) is 1. The Bertz CT molecular complexity index is 463. The van der Waals surface area contributed by atoms with Crippen molar-refractivity contribution in [3.63, 3.8) is 0 Å². The maximum atomic E-state index is 5.86. The van der Waals surface area contributed by atoms with Crippen molar-refractivity contribution in [3.05, 3.63) is 18.0 Å². The Kier molecular flexibility index (Phi) is 3.49. The van der Waals surface area contributed by atoms with Crippen LogP contribution in [0.2, 0.25) is 0 Å². The third-order valence-electron chi connectivity index (χ3n) is 2.75. The van der Waals surface area contributed by atoms with Crippen molar-refractivity contribution in [2.45, 2.75) is 32.5 Å². The summed E-state index contributed by atoms with van der Waals surface area (Å²) >= 11 is 4.94. The summed E-state index contributed by atoms with van der Waals surface area (Å²) in [5, 5.41) is 0. The molecule has 0 aromatic carbocycles. The van der Waals surface area contributed by atoms with E-state index in [-0.39, 0.29) is 11.7 Å². The van der Waals surface area contributed by atoms with E-state index in [0.717, 1.165) is 13.1 Å². The largest absolute Gasteiger partial charge is 0.388 e. The third kappa shape index (κ3) is 2.94. The van der Waals surface area contributed by atoms with Crippen LogP contribution in [0.1, 0.15) is 26.5 Å². The number of rotatable bonds is 2. The fourth-order valence-corrected chi connectivity index (χ4v) is 2.36. The quantitative estimate of drug-likeness (QED) is 0.809. The van der Waals surface area contributed by atoms with Crippen LogP contribution in [-0.4, -0.2) is 39.8 Å². The van der Waals surface area contributed by atoms with Gasteiger partial charge < -0.3 is 15.4 Å². The van der Waals surface area contributed by atoms with Crippen LogP contribution in [0.4, 0.5) is 5.95 Å². The number of nitrogens with zero attached hydrogens (tertiary/aromatic N) is 3. The molecule has 1 aliphatic heterocycles. The summed E-state index contributed by atoms with van der Waals surface area (Å²) in [5.41, 5.74) is 5.99. The van der Waals surface area contributed by atoms with Gasteiger partial charge in [0.1, 0.15) is 10.7 Å². The van der Waals surface area contributed by atoms with Crippen LogP contribution in [0.5, 0.6) is 0 Å². The van der Waals surface area contributed by atoms with Crippen LogP contribution < -0.4 is 10.6 Å². The molecule has 2 N–H and O–H groups in total. The molecular formula is C12H18N4OS. The van der Waals surface area contributed by atoms with Crippen molar-refractivity contribution in [2.24, 2.45) is 5.73 Å². The van der Waals surface area contributed by atoms with Crippen molar-refractivity contribution < 1.29 is 4.74 Å². The second kappa shape index (κ2) is 4.78. The minimum Gasteiger partial charge on any atom is -0.388 e. The highest BCUT2D eigenvalue weighted by atomic mass is 32.1. The Balaban J connectivity index is 2.25. The van der Waals surface area contributed by atoms with Crippen molar-refractivity contribution in [3.8, 4) is 0 Å². The summed E-state index contributed by atoms with van der Waals surface area (Å²) in [4.78, 5) is 11.1. The lowest BCUT2D eigenvalue weighted by molar-refractivity contribution is -0.0753. The van der Waals surface area contributed by atoms with Crippen molar-refractivity contribution in [1.29, 1.82) is 0 Å². The monoisotopic (exact) mass is 266 g/mol. The van der Waals surface area contributed by atoms with E-state index in [1.54, 1.807) is 12.3 Å². The maximum Gasteiger partial charge on any atom is 0.226 e. The Morgan fingerprint density at radius 2 is 2.33 bits per heavy atom. The first-order chi connectivity index (χ1) is 8.37. The SMILES string of the molecule is CC1CN(c2nccc(C(N)=S)n2)CC(C)(C)O1. The molecule has 1 saturated heterocycles. The lowest BCUT2D eigenvalue weighted by Gasteiger charge is -2.41. The van der Waals surface area contributed by atoms with E-state index < -0.39 is 0 Å². The van der Waals surface area contributed by atoms with E-state index in [1.165, 1.54) is 0 Å². The summed E-state index contributed by atoms with van der Waals surface area (Å²) in [6.45, 7) is 7.69. The van der Waals surface area contributed by atoms with Crippen molar-refractivity contribution >= 4 is 23.2 Å². The predicted molar refractivity (Wildman–Crippen MR) is 74.8 cm³/mol. The fourth-order valence-electron chi connectivity index (χ4n) is 2.24. The highest BCUT2D eigenvalue weighted by molar-refractivity contribution is 7.80. The smallest absolute Gasteiger partial charge is 0.226 e. The molecule has 1 fully saturated rings.